The number of anilines is 1. The average molecular weight is 436 g/mol. The number of nitrogens with one attached hydrogen (secondary N) is 1. The van der Waals surface area contributed by atoms with Gasteiger partial charge in [0.05, 0.1) is 10.9 Å². The van der Waals surface area contributed by atoms with Gasteiger partial charge in [0.2, 0.25) is 5.91 Å². The number of hydrogen-bond acceptors (Lipinski definition) is 6. The molecule has 30 heavy (non-hydrogen) atoms. The number of thiazole rings is 1. The number of aromatic nitrogens is 4. The number of carbonyl (C=O) groups excluding carboxylic acids is 1. The van der Waals surface area contributed by atoms with Crippen LogP contribution >= 0.6 is 23.1 Å². The molecule has 0 fully saturated rings. The summed E-state index contributed by atoms with van der Waals surface area (Å²) >= 11 is 2.81. The Balaban J connectivity index is 1.58. The molecule has 0 spiro atoms. The third-order valence-electron chi connectivity index (χ3n) is 4.42. The van der Waals surface area contributed by atoms with Gasteiger partial charge in [0.15, 0.2) is 10.3 Å². The predicted octanol–water partition coefficient (Wildman–Crippen LogP) is 4.74. The largest absolute Gasteiger partial charge is 0.301 e. The van der Waals surface area contributed by atoms with Crippen LogP contribution in [0.4, 0.5) is 5.13 Å². The highest BCUT2D eigenvalue weighted by Gasteiger charge is 2.22. The summed E-state index contributed by atoms with van der Waals surface area (Å²) in [4.78, 5) is 16.9. The Bertz CT molecular complexity index is 1120. The summed E-state index contributed by atoms with van der Waals surface area (Å²) < 4.78 is 2.02. The van der Waals surface area contributed by atoms with Crippen molar-refractivity contribution in [1.82, 2.24) is 19.7 Å². The fourth-order valence-electron chi connectivity index (χ4n) is 2.94. The van der Waals surface area contributed by atoms with Crippen LogP contribution in [0, 0.1) is 6.92 Å². The fourth-order valence-corrected chi connectivity index (χ4v) is 4.51. The molecule has 0 aliphatic rings. The normalized spacial score (nSPS) is 11.9. The second kappa shape index (κ2) is 9.23. The molecule has 8 heteroatoms. The van der Waals surface area contributed by atoms with Crippen molar-refractivity contribution in [2.24, 2.45) is 0 Å². The van der Waals surface area contributed by atoms with Gasteiger partial charge in [-0.3, -0.25) is 9.36 Å². The summed E-state index contributed by atoms with van der Waals surface area (Å²) in [6.07, 6.45) is 0.655. The number of aryl methyl sites for hydroxylation is 1. The van der Waals surface area contributed by atoms with Crippen molar-refractivity contribution in [2.75, 3.05) is 5.32 Å². The Morgan fingerprint density at radius 2 is 1.80 bits per heavy atom. The van der Waals surface area contributed by atoms with E-state index in [-0.39, 0.29) is 11.2 Å². The van der Waals surface area contributed by atoms with Gasteiger partial charge in [-0.15, -0.1) is 21.5 Å². The predicted molar refractivity (Wildman–Crippen MR) is 121 cm³/mol. The monoisotopic (exact) mass is 435 g/mol. The topological polar surface area (TPSA) is 72.7 Å². The number of hydrogen-bond donors (Lipinski definition) is 1. The molecule has 152 valence electrons. The zero-order valence-electron chi connectivity index (χ0n) is 16.6. The smallest absolute Gasteiger partial charge is 0.239 e. The molecule has 1 unspecified atom stereocenters. The van der Waals surface area contributed by atoms with Gasteiger partial charge >= 0.3 is 0 Å². The lowest BCUT2D eigenvalue weighted by molar-refractivity contribution is -0.115. The van der Waals surface area contributed by atoms with E-state index in [1.807, 2.05) is 72.3 Å². The van der Waals surface area contributed by atoms with Crippen LogP contribution in [0.3, 0.4) is 0 Å². The average Bonchev–Trinajstić information content (AvgIpc) is 3.35. The number of amides is 1. The van der Waals surface area contributed by atoms with Crippen molar-refractivity contribution in [3.63, 3.8) is 0 Å². The zero-order chi connectivity index (χ0) is 20.9. The molecule has 0 saturated heterocycles. The first-order chi connectivity index (χ1) is 14.6. The van der Waals surface area contributed by atoms with Crippen molar-refractivity contribution >= 4 is 34.1 Å². The third-order valence-corrected chi connectivity index (χ3v) is 6.34. The molecule has 0 aliphatic carbocycles. The van der Waals surface area contributed by atoms with E-state index in [0.717, 1.165) is 22.8 Å². The first-order valence-corrected chi connectivity index (χ1v) is 11.3. The minimum Gasteiger partial charge on any atom is -0.301 e. The van der Waals surface area contributed by atoms with Gasteiger partial charge in [0.1, 0.15) is 5.82 Å². The summed E-state index contributed by atoms with van der Waals surface area (Å²) in [5.41, 5.74) is 3.02. The minimum absolute atomic E-state index is 0.110. The molecule has 6 nitrogen and oxygen atoms in total. The number of para-hydroxylation sites is 1. The van der Waals surface area contributed by atoms with E-state index in [1.54, 1.807) is 0 Å². The maximum Gasteiger partial charge on any atom is 0.239 e. The quantitative estimate of drug-likeness (QED) is 0.425. The summed E-state index contributed by atoms with van der Waals surface area (Å²) in [7, 11) is 0. The highest BCUT2D eigenvalue weighted by Crippen LogP contribution is 2.27. The first-order valence-electron chi connectivity index (χ1n) is 9.53. The van der Waals surface area contributed by atoms with Gasteiger partial charge in [0, 0.05) is 17.5 Å². The second-order valence-corrected chi connectivity index (χ2v) is 8.94. The Hall–Kier alpha value is -2.97. The molecule has 2 heterocycles. The van der Waals surface area contributed by atoms with Gasteiger partial charge in [-0.1, -0.05) is 60.3 Å². The molecule has 0 bridgehead atoms. The minimum atomic E-state index is -0.356. The molecule has 0 radical (unpaired) electrons. The van der Waals surface area contributed by atoms with Crippen molar-refractivity contribution in [2.45, 2.75) is 30.7 Å². The molecule has 0 aliphatic heterocycles. The lowest BCUT2D eigenvalue weighted by atomic mass is 10.1. The molecular formula is C22H21N5OS2. The lowest BCUT2D eigenvalue weighted by Gasteiger charge is -2.13. The standard InChI is InChI=1S/C22H21N5OS2/c1-15-14-29-21(23-15)24-20(28)16(2)30-22-26-25-19(13-17-9-5-3-6-10-17)27(22)18-11-7-4-8-12-18/h3-12,14,16H,13H2,1-2H3,(H,23,24,28). The molecule has 4 aromatic rings. The third kappa shape index (κ3) is 4.77. The molecule has 0 saturated carbocycles. The SMILES string of the molecule is Cc1csc(NC(=O)C(C)Sc2nnc(Cc3ccccc3)n2-c2ccccc2)n1. The summed E-state index contributed by atoms with van der Waals surface area (Å²) in [5.74, 6) is 0.722. The van der Waals surface area contributed by atoms with Gasteiger partial charge in [-0.2, -0.15) is 0 Å². The maximum absolute atomic E-state index is 12.6. The number of benzene rings is 2. The number of rotatable bonds is 7. The van der Waals surface area contributed by atoms with Crippen molar-refractivity contribution in [3.8, 4) is 5.69 Å². The summed E-state index contributed by atoms with van der Waals surface area (Å²) in [5, 5.41) is 14.6. The van der Waals surface area contributed by atoms with E-state index in [1.165, 1.54) is 23.1 Å². The van der Waals surface area contributed by atoms with E-state index in [2.05, 4.69) is 32.6 Å². The van der Waals surface area contributed by atoms with Crippen LogP contribution in [0.1, 0.15) is 24.0 Å². The van der Waals surface area contributed by atoms with Crippen LogP contribution in [0.2, 0.25) is 0 Å². The van der Waals surface area contributed by atoms with Gasteiger partial charge < -0.3 is 5.32 Å². The number of carbonyl (C=O) groups is 1. The van der Waals surface area contributed by atoms with Gasteiger partial charge in [0.25, 0.3) is 0 Å². The van der Waals surface area contributed by atoms with Crippen LogP contribution in [-0.4, -0.2) is 30.9 Å². The van der Waals surface area contributed by atoms with Gasteiger partial charge in [-0.25, -0.2) is 4.98 Å². The lowest BCUT2D eigenvalue weighted by Crippen LogP contribution is -2.22. The molecule has 1 atom stereocenters. The van der Waals surface area contributed by atoms with Crippen LogP contribution in [0.5, 0.6) is 0 Å². The van der Waals surface area contributed by atoms with Crippen molar-refractivity contribution < 1.29 is 4.79 Å². The summed E-state index contributed by atoms with van der Waals surface area (Å²) in [6.45, 7) is 3.77. The molecule has 1 N–H and O–H groups in total. The molecule has 2 aromatic heterocycles. The van der Waals surface area contributed by atoms with E-state index in [0.29, 0.717) is 16.7 Å². The van der Waals surface area contributed by atoms with E-state index in [4.69, 9.17) is 0 Å². The molecule has 1 amide bonds. The maximum atomic E-state index is 12.6. The van der Waals surface area contributed by atoms with Gasteiger partial charge in [-0.05, 0) is 31.5 Å². The van der Waals surface area contributed by atoms with E-state index in [9.17, 15) is 4.79 Å². The van der Waals surface area contributed by atoms with E-state index >= 15 is 0 Å². The van der Waals surface area contributed by atoms with Crippen molar-refractivity contribution in [3.05, 3.63) is 83.1 Å². The molecule has 2 aromatic carbocycles. The molecule has 4 rings (SSSR count). The molecular weight excluding hydrogens is 414 g/mol. The van der Waals surface area contributed by atoms with Crippen LogP contribution in [-0.2, 0) is 11.2 Å². The van der Waals surface area contributed by atoms with Crippen LogP contribution < -0.4 is 5.32 Å². The number of nitrogens with zero attached hydrogens (tertiary/aromatic N) is 4. The van der Waals surface area contributed by atoms with E-state index < -0.39 is 0 Å². The highest BCUT2D eigenvalue weighted by atomic mass is 32.2. The fraction of sp³-hybridized carbons (Fsp3) is 0.182. The zero-order valence-corrected chi connectivity index (χ0v) is 18.3. The Kier molecular flexibility index (Phi) is 6.25. The number of thioether (sulfide) groups is 1. The first kappa shape index (κ1) is 20.3. The second-order valence-electron chi connectivity index (χ2n) is 6.78. The Labute approximate surface area is 183 Å². The van der Waals surface area contributed by atoms with Crippen LogP contribution in [0.15, 0.2) is 71.2 Å². The van der Waals surface area contributed by atoms with Crippen LogP contribution in [0.25, 0.3) is 5.69 Å². The Morgan fingerprint density at radius 3 is 2.47 bits per heavy atom. The highest BCUT2D eigenvalue weighted by molar-refractivity contribution is 8.00. The summed E-state index contributed by atoms with van der Waals surface area (Å²) in [6, 6.07) is 20.2. The van der Waals surface area contributed by atoms with Crippen molar-refractivity contribution in [1.29, 1.82) is 0 Å². The Morgan fingerprint density at radius 1 is 1.10 bits per heavy atom.